The summed E-state index contributed by atoms with van der Waals surface area (Å²) >= 11 is 2.80. The molecule has 2 atom stereocenters. The van der Waals surface area contributed by atoms with Gasteiger partial charge in [-0.05, 0) is 64.1 Å². The summed E-state index contributed by atoms with van der Waals surface area (Å²) in [5.41, 5.74) is 4.47. The average Bonchev–Trinajstić information content (AvgIpc) is 3.74. The van der Waals surface area contributed by atoms with Crippen molar-refractivity contribution in [2.45, 2.75) is 55.3 Å². The number of ketones is 1. The molecule has 0 aliphatic carbocycles. The van der Waals surface area contributed by atoms with Crippen molar-refractivity contribution in [2.75, 3.05) is 4.90 Å². The minimum absolute atomic E-state index is 0.0318. The van der Waals surface area contributed by atoms with Gasteiger partial charge in [0.05, 0.1) is 11.6 Å². The van der Waals surface area contributed by atoms with Gasteiger partial charge in [0.2, 0.25) is 5.13 Å². The topological polar surface area (TPSA) is 92.6 Å². The lowest BCUT2D eigenvalue weighted by atomic mass is 9.93. The summed E-state index contributed by atoms with van der Waals surface area (Å²) in [7, 11) is 0. The number of rotatable bonds is 7. The normalized spacial score (nSPS) is 19.0. The van der Waals surface area contributed by atoms with Crippen LogP contribution in [0.15, 0.2) is 94.8 Å². The molecule has 0 saturated carbocycles. The van der Waals surface area contributed by atoms with E-state index in [0.29, 0.717) is 38.7 Å². The molecule has 4 aromatic carbocycles. The molecule has 1 amide bonds. The highest BCUT2D eigenvalue weighted by Crippen LogP contribution is 2.45. The average molecular weight is 634 g/mol. The molecular formula is C36H31N3O4S2. The van der Waals surface area contributed by atoms with E-state index in [2.05, 4.69) is 48.3 Å². The minimum atomic E-state index is -0.862. The molecule has 2 aliphatic heterocycles. The number of anilines is 1. The molecule has 3 heterocycles. The lowest BCUT2D eigenvalue weighted by molar-refractivity contribution is -0.132. The maximum atomic E-state index is 13.7. The molecule has 226 valence electrons. The van der Waals surface area contributed by atoms with E-state index in [1.807, 2.05) is 55.5 Å². The Balaban J connectivity index is 1.26. The quantitative estimate of drug-likeness (QED) is 0.0637. The number of ether oxygens (including phenoxy) is 1. The molecule has 7 nitrogen and oxygen atoms in total. The lowest BCUT2D eigenvalue weighted by Gasteiger charge is -2.23. The Morgan fingerprint density at radius 1 is 1.02 bits per heavy atom. The van der Waals surface area contributed by atoms with Gasteiger partial charge in [0.15, 0.2) is 4.34 Å². The zero-order valence-corrected chi connectivity index (χ0v) is 26.7. The molecule has 5 aromatic rings. The molecule has 1 aromatic heterocycles. The third kappa shape index (κ3) is 5.40. The van der Waals surface area contributed by atoms with Gasteiger partial charge >= 0.3 is 5.91 Å². The summed E-state index contributed by atoms with van der Waals surface area (Å²) in [6.45, 7) is 6.21. The monoisotopic (exact) mass is 633 g/mol. The maximum Gasteiger partial charge on any atom is 0.301 e. The third-order valence-electron chi connectivity index (χ3n) is 8.37. The number of aromatic nitrogens is 2. The highest BCUT2D eigenvalue weighted by molar-refractivity contribution is 8.00. The van der Waals surface area contributed by atoms with E-state index in [0.717, 1.165) is 16.9 Å². The van der Waals surface area contributed by atoms with E-state index in [-0.39, 0.29) is 17.4 Å². The third-order valence-corrected chi connectivity index (χ3v) is 10.5. The van der Waals surface area contributed by atoms with Gasteiger partial charge in [0.1, 0.15) is 17.6 Å². The second kappa shape index (κ2) is 11.8. The second-order valence-corrected chi connectivity index (χ2v) is 13.9. The molecule has 9 heteroatoms. The van der Waals surface area contributed by atoms with Gasteiger partial charge in [-0.2, -0.15) is 0 Å². The number of amides is 1. The highest BCUT2D eigenvalue weighted by Gasteiger charge is 2.48. The van der Waals surface area contributed by atoms with E-state index in [1.54, 1.807) is 12.1 Å². The van der Waals surface area contributed by atoms with Crippen molar-refractivity contribution in [3.8, 4) is 5.75 Å². The van der Waals surface area contributed by atoms with Crippen LogP contribution in [0, 0.1) is 0 Å². The van der Waals surface area contributed by atoms with Crippen LogP contribution in [0.4, 0.5) is 5.13 Å². The number of carbonyl (C=O) groups excluding carboxylic acids is 2. The minimum Gasteiger partial charge on any atom is -0.507 e. The predicted molar refractivity (Wildman–Crippen MR) is 179 cm³/mol. The molecule has 45 heavy (non-hydrogen) atoms. The lowest BCUT2D eigenvalue weighted by Crippen LogP contribution is -2.29. The van der Waals surface area contributed by atoms with Crippen LogP contribution in [0.1, 0.15) is 60.5 Å². The van der Waals surface area contributed by atoms with E-state index in [4.69, 9.17) is 4.74 Å². The fourth-order valence-electron chi connectivity index (χ4n) is 6.05. The second-order valence-electron chi connectivity index (χ2n) is 11.7. The molecule has 1 N–H and O–H groups in total. The Bertz CT molecular complexity index is 1980. The summed E-state index contributed by atoms with van der Waals surface area (Å²) < 4.78 is 6.51. The van der Waals surface area contributed by atoms with E-state index in [1.165, 1.54) is 44.3 Å². The number of hydrogen-bond acceptors (Lipinski definition) is 8. The molecule has 1 saturated heterocycles. The molecule has 0 bridgehead atoms. The Labute approximate surface area is 269 Å². The number of fused-ring (bicyclic) bond motifs is 2. The van der Waals surface area contributed by atoms with Crippen LogP contribution in [0.2, 0.25) is 0 Å². The number of nitrogens with zero attached hydrogens (tertiary/aromatic N) is 3. The van der Waals surface area contributed by atoms with Crippen LogP contribution in [0.5, 0.6) is 5.75 Å². The van der Waals surface area contributed by atoms with E-state index < -0.39 is 17.7 Å². The molecule has 0 radical (unpaired) electrons. The number of Topliss-reactive ketones (excluding diaryl/α,β-unsaturated/α-hetero) is 1. The number of aliphatic hydroxyl groups excluding tert-OH is 1. The van der Waals surface area contributed by atoms with E-state index >= 15 is 0 Å². The first kappa shape index (κ1) is 29.3. The first-order valence-corrected chi connectivity index (χ1v) is 16.7. The van der Waals surface area contributed by atoms with Gasteiger partial charge in [0, 0.05) is 17.7 Å². The summed E-state index contributed by atoms with van der Waals surface area (Å²) in [5, 5.41) is 23.1. The number of aliphatic hydroxyl groups is 1. The van der Waals surface area contributed by atoms with E-state index in [9.17, 15) is 14.7 Å². The Morgan fingerprint density at radius 2 is 1.80 bits per heavy atom. The summed E-state index contributed by atoms with van der Waals surface area (Å²) in [4.78, 5) is 28.8. The van der Waals surface area contributed by atoms with Crippen LogP contribution in [0.25, 0.3) is 16.5 Å². The Morgan fingerprint density at radius 3 is 2.60 bits per heavy atom. The molecule has 7 rings (SSSR count). The largest absolute Gasteiger partial charge is 0.507 e. The van der Waals surface area contributed by atoms with Crippen LogP contribution in [-0.2, 0) is 21.8 Å². The molecule has 2 aliphatic rings. The molecule has 1 fully saturated rings. The van der Waals surface area contributed by atoms with Gasteiger partial charge < -0.3 is 9.84 Å². The van der Waals surface area contributed by atoms with Crippen molar-refractivity contribution in [2.24, 2.45) is 0 Å². The SMILES string of the molecule is CC1Cc2cc(/C(O)=C3/C(=O)C(=O)N(c4nnc(SCc5cccc6ccccc56)s4)C3c3ccc(C(C)C)cc3)ccc2O1. The zero-order valence-electron chi connectivity index (χ0n) is 25.1. The smallest absolute Gasteiger partial charge is 0.301 e. The Hall–Kier alpha value is -4.47. The molecule has 0 spiro atoms. The van der Waals surface area contributed by atoms with Gasteiger partial charge in [-0.3, -0.25) is 14.5 Å². The number of hydrogen-bond donors (Lipinski definition) is 1. The Kier molecular flexibility index (Phi) is 7.67. The van der Waals surface area contributed by atoms with Gasteiger partial charge in [0.25, 0.3) is 5.78 Å². The standard InChI is InChI=1S/C36H31N3O4S2/c1-20(2)22-11-13-24(14-12-22)31-30(32(40)25-15-16-29-27(18-25)17-21(3)43-29)33(41)34(42)39(31)35-37-38-36(45-35)44-19-26-9-6-8-23-7-4-5-10-28(23)26/h4-16,18,20-21,31,40H,17,19H2,1-3H3/b32-30-. The van der Waals surface area contributed by atoms with Gasteiger partial charge in [-0.15, -0.1) is 10.2 Å². The number of benzene rings is 4. The number of carbonyl (C=O) groups is 2. The van der Waals surface area contributed by atoms with Crippen LogP contribution in [0.3, 0.4) is 0 Å². The van der Waals surface area contributed by atoms with Crippen molar-refractivity contribution < 1.29 is 19.4 Å². The first-order chi connectivity index (χ1) is 21.8. The zero-order chi connectivity index (χ0) is 31.2. The van der Waals surface area contributed by atoms with Crippen molar-refractivity contribution in [1.29, 1.82) is 0 Å². The maximum absolute atomic E-state index is 13.7. The van der Waals surface area contributed by atoms with Crippen molar-refractivity contribution in [3.63, 3.8) is 0 Å². The van der Waals surface area contributed by atoms with Crippen LogP contribution in [-0.4, -0.2) is 33.1 Å². The summed E-state index contributed by atoms with van der Waals surface area (Å²) in [5.74, 6) is 0.0418. The van der Waals surface area contributed by atoms with Crippen molar-refractivity contribution >= 4 is 56.5 Å². The first-order valence-electron chi connectivity index (χ1n) is 14.9. The van der Waals surface area contributed by atoms with Gasteiger partial charge in [-0.1, -0.05) is 104 Å². The van der Waals surface area contributed by atoms with Crippen molar-refractivity contribution in [3.05, 3.63) is 118 Å². The fraction of sp³-hybridized carbons (Fsp3) is 0.222. The number of thioether (sulfide) groups is 1. The summed E-state index contributed by atoms with van der Waals surface area (Å²) in [6.07, 6.45) is 0.738. The van der Waals surface area contributed by atoms with Crippen molar-refractivity contribution in [1.82, 2.24) is 10.2 Å². The highest BCUT2D eigenvalue weighted by atomic mass is 32.2. The predicted octanol–water partition coefficient (Wildman–Crippen LogP) is 8.06. The summed E-state index contributed by atoms with van der Waals surface area (Å²) in [6, 6.07) is 26.8. The molecule has 2 unspecified atom stereocenters. The molecular weight excluding hydrogens is 603 g/mol. The van der Waals surface area contributed by atoms with Crippen LogP contribution < -0.4 is 9.64 Å². The van der Waals surface area contributed by atoms with Gasteiger partial charge in [-0.25, -0.2) is 0 Å². The fourth-order valence-corrected chi connectivity index (χ4v) is 7.92. The van der Waals surface area contributed by atoms with Crippen LogP contribution >= 0.6 is 23.1 Å².